The van der Waals surface area contributed by atoms with Crippen molar-refractivity contribution in [3.05, 3.63) is 17.0 Å². The molecule has 1 fully saturated rings. The smallest absolute Gasteiger partial charge is 0.295 e. The van der Waals surface area contributed by atoms with Gasteiger partial charge in [-0.05, 0) is 20.3 Å². The summed E-state index contributed by atoms with van der Waals surface area (Å²) in [4.78, 5) is 25.6. The van der Waals surface area contributed by atoms with Crippen LogP contribution in [-0.4, -0.2) is 50.7 Å². The molecule has 0 radical (unpaired) electrons. The van der Waals surface area contributed by atoms with Gasteiger partial charge in [-0.15, -0.1) is 0 Å². The summed E-state index contributed by atoms with van der Waals surface area (Å²) in [6.45, 7) is 4.15. The molecule has 1 aliphatic rings. The van der Waals surface area contributed by atoms with Crippen LogP contribution in [0.5, 0.6) is 0 Å². The number of aromatic nitrogens is 2. The lowest BCUT2D eigenvalue weighted by atomic mass is 10.1. The molecule has 0 aromatic carbocycles. The van der Waals surface area contributed by atoms with Crippen LogP contribution in [-0.2, 0) is 11.8 Å². The van der Waals surface area contributed by atoms with E-state index in [1.54, 1.807) is 25.6 Å². The first-order valence-electron chi connectivity index (χ1n) is 5.93. The van der Waals surface area contributed by atoms with Crippen molar-refractivity contribution < 1.29 is 14.7 Å². The number of hydrogen-bond donors (Lipinski definition) is 1. The molecule has 1 N–H and O–H groups in total. The van der Waals surface area contributed by atoms with Gasteiger partial charge in [0.15, 0.2) is 0 Å². The minimum Gasteiger partial charge on any atom is -0.391 e. The largest absolute Gasteiger partial charge is 0.391 e. The third kappa shape index (κ3) is 2.03. The van der Waals surface area contributed by atoms with Gasteiger partial charge in [-0.3, -0.25) is 14.3 Å². The van der Waals surface area contributed by atoms with Crippen LogP contribution in [0.25, 0.3) is 0 Å². The highest BCUT2D eigenvalue weighted by molar-refractivity contribution is 6.43. The SMILES string of the molecule is Cc1nn(C)c(C)c1C(=O)C(=O)N1CC[C@@H](O)C1. The van der Waals surface area contributed by atoms with Crippen molar-refractivity contribution in [3.63, 3.8) is 0 Å². The van der Waals surface area contributed by atoms with Gasteiger partial charge >= 0.3 is 0 Å². The Bertz CT molecular complexity index is 507. The van der Waals surface area contributed by atoms with Crippen molar-refractivity contribution >= 4 is 11.7 Å². The Labute approximate surface area is 105 Å². The second-order valence-electron chi connectivity index (χ2n) is 4.69. The Hall–Kier alpha value is -1.69. The average Bonchev–Trinajstić information content (AvgIpc) is 2.83. The molecule has 1 aromatic rings. The Morgan fingerprint density at radius 2 is 2.06 bits per heavy atom. The molecule has 2 heterocycles. The molecule has 0 bridgehead atoms. The van der Waals surface area contributed by atoms with Crippen molar-refractivity contribution in [3.8, 4) is 0 Å². The molecule has 6 heteroatoms. The predicted molar refractivity (Wildman–Crippen MR) is 64.2 cm³/mol. The van der Waals surface area contributed by atoms with E-state index in [0.29, 0.717) is 29.9 Å². The van der Waals surface area contributed by atoms with Crippen LogP contribution >= 0.6 is 0 Å². The summed E-state index contributed by atoms with van der Waals surface area (Å²) in [5, 5.41) is 13.5. The number of ketones is 1. The molecule has 2 rings (SSSR count). The Morgan fingerprint density at radius 3 is 2.50 bits per heavy atom. The number of β-amino-alcohol motifs (C(OH)–C–C–N with tert-alkyl or cyclic N) is 1. The Morgan fingerprint density at radius 1 is 1.39 bits per heavy atom. The van der Waals surface area contributed by atoms with Crippen LogP contribution in [0.2, 0.25) is 0 Å². The maximum Gasteiger partial charge on any atom is 0.295 e. The molecular weight excluding hydrogens is 234 g/mol. The summed E-state index contributed by atoms with van der Waals surface area (Å²) in [6, 6.07) is 0. The topological polar surface area (TPSA) is 75.4 Å². The molecule has 1 atom stereocenters. The van der Waals surface area contributed by atoms with Gasteiger partial charge in [0.1, 0.15) is 0 Å². The van der Waals surface area contributed by atoms with Gasteiger partial charge in [0.25, 0.3) is 11.7 Å². The number of hydrogen-bond acceptors (Lipinski definition) is 4. The van der Waals surface area contributed by atoms with E-state index in [2.05, 4.69) is 5.10 Å². The summed E-state index contributed by atoms with van der Waals surface area (Å²) in [5.41, 5.74) is 1.63. The van der Waals surface area contributed by atoms with E-state index in [1.165, 1.54) is 4.90 Å². The summed E-state index contributed by atoms with van der Waals surface area (Å²) in [5.74, 6) is -1.09. The van der Waals surface area contributed by atoms with Gasteiger partial charge in [0.2, 0.25) is 0 Å². The molecule has 0 aliphatic carbocycles. The van der Waals surface area contributed by atoms with Crippen molar-refractivity contribution in [2.24, 2.45) is 7.05 Å². The number of rotatable bonds is 2. The monoisotopic (exact) mass is 251 g/mol. The molecule has 18 heavy (non-hydrogen) atoms. The molecule has 6 nitrogen and oxygen atoms in total. The molecule has 0 spiro atoms. The fourth-order valence-electron chi connectivity index (χ4n) is 2.28. The number of carbonyl (C=O) groups is 2. The van der Waals surface area contributed by atoms with Crippen LogP contribution in [0.1, 0.15) is 28.2 Å². The standard InChI is InChI=1S/C12H17N3O3/c1-7-10(8(2)14(3)13-7)11(17)12(18)15-5-4-9(16)6-15/h9,16H,4-6H2,1-3H3/t9-/m1/s1. The Kier molecular flexibility index (Phi) is 3.21. The first kappa shape index (κ1) is 12.8. The van der Waals surface area contributed by atoms with Crippen LogP contribution in [0.3, 0.4) is 0 Å². The number of carbonyl (C=O) groups excluding carboxylic acids is 2. The van der Waals surface area contributed by atoms with Crippen molar-refractivity contribution in [2.45, 2.75) is 26.4 Å². The van der Waals surface area contributed by atoms with E-state index in [1.807, 2.05) is 0 Å². The van der Waals surface area contributed by atoms with Gasteiger partial charge < -0.3 is 10.0 Å². The summed E-state index contributed by atoms with van der Waals surface area (Å²) >= 11 is 0. The zero-order chi connectivity index (χ0) is 13.4. The first-order valence-corrected chi connectivity index (χ1v) is 5.93. The number of nitrogens with zero attached hydrogens (tertiary/aromatic N) is 3. The molecule has 1 aromatic heterocycles. The number of aryl methyl sites for hydroxylation is 2. The lowest BCUT2D eigenvalue weighted by Crippen LogP contribution is -2.35. The number of Topliss-reactive ketones (excluding diaryl/α,β-unsaturated/α-hetero) is 1. The van der Waals surface area contributed by atoms with E-state index < -0.39 is 17.8 Å². The molecule has 98 valence electrons. The van der Waals surface area contributed by atoms with Gasteiger partial charge in [-0.25, -0.2) is 0 Å². The predicted octanol–water partition coefficient (Wildman–Crippen LogP) is -0.187. The fraction of sp³-hybridized carbons (Fsp3) is 0.583. The molecule has 1 amide bonds. The lowest BCUT2D eigenvalue weighted by Gasteiger charge is -2.14. The number of likely N-dealkylation sites (tertiary alicyclic amines) is 1. The molecular formula is C12H17N3O3. The van der Waals surface area contributed by atoms with Gasteiger partial charge in [-0.1, -0.05) is 0 Å². The van der Waals surface area contributed by atoms with Crippen LogP contribution in [0, 0.1) is 13.8 Å². The van der Waals surface area contributed by atoms with Gasteiger partial charge in [0.05, 0.1) is 17.4 Å². The van der Waals surface area contributed by atoms with Crippen LogP contribution in [0.4, 0.5) is 0 Å². The van der Waals surface area contributed by atoms with E-state index in [-0.39, 0.29) is 6.54 Å². The second-order valence-corrected chi connectivity index (χ2v) is 4.69. The van der Waals surface area contributed by atoms with E-state index >= 15 is 0 Å². The van der Waals surface area contributed by atoms with Gasteiger partial charge in [-0.2, -0.15) is 5.10 Å². The highest BCUT2D eigenvalue weighted by Crippen LogP contribution is 2.16. The summed E-state index contributed by atoms with van der Waals surface area (Å²) < 4.78 is 1.59. The number of aliphatic hydroxyl groups excluding tert-OH is 1. The minimum atomic E-state index is -0.550. The highest BCUT2D eigenvalue weighted by atomic mass is 16.3. The summed E-state index contributed by atoms with van der Waals surface area (Å²) in [6.07, 6.45) is 0.0159. The number of aliphatic hydroxyl groups is 1. The zero-order valence-corrected chi connectivity index (χ0v) is 10.8. The van der Waals surface area contributed by atoms with E-state index in [9.17, 15) is 14.7 Å². The van der Waals surface area contributed by atoms with Crippen molar-refractivity contribution in [2.75, 3.05) is 13.1 Å². The first-order chi connectivity index (χ1) is 8.41. The van der Waals surface area contributed by atoms with Crippen molar-refractivity contribution in [1.29, 1.82) is 0 Å². The third-order valence-corrected chi connectivity index (χ3v) is 3.38. The highest BCUT2D eigenvalue weighted by Gasteiger charge is 2.32. The molecule has 1 saturated heterocycles. The zero-order valence-electron chi connectivity index (χ0n) is 10.8. The molecule has 0 saturated carbocycles. The third-order valence-electron chi connectivity index (χ3n) is 3.38. The van der Waals surface area contributed by atoms with Crippen molar-refractivity contribution in [1.82, 2.24) is 14.7 Å². The second kappa shape index (κ2) is 4.53. The minimum absolute atomic E-state index is 0.239. The average molecular weight is 251 g/mol. The number of amides is 1. The lowest BCUT2D eigenvalue weighted by molar-refractivity contribution is -0.125. The molecule has 0 unspecified atom stereocenters. The van der Waals surface area contributed by atoms with E-state index in [0.717, 1.165) is 0 Å². The fourth-order valence-corrected chi connectivity index (χ4v) is 2.28. The Balaban J connectivity index is 2.23. The maximum absolute atomic E-state index is 12.2. The van der Waals surface area contributed by atoms with Gasteiger partial charge in [0, 0.05) is 25.8 Å². The molecule has 1 aliphatic heterocycles. The van der Waals surface area contributed by atoms with Crippen LogP contribution in [0.15, 0.2) is 0 Å². The van der Waals surface area contributed by atoms with Crippen LogP contribution < -0.4 is 0 Å². The maximum atomic E-state index is 12.2. The quantitative estimate of drug-likeness (QED) is 0.584. The summed E-state index contributed by atoms with van der Waals surface area (Å²) in [7, 11) is 1.74. The van der Waals surface area contributed by atoms with E-state index in [4.69, 9.17) is 0 Å². The normalized spacial score (nSPS) is 19.3.